The van der Waals surface area contributed by atoms with Crippen LogP contribution in [0.15, 0.2) is 0 Å². The smallest absolute Gasteiger partial charge is 0.237 e. The summed E-state index contributed by atoms with van der Waals surface area (Å²) in [5, 5.41) is 3.21. The molecule has 0 aromatic carbocycles. The molecule has 0 radical (unpaired) electrons. The number of carbonyl (C=O) groups excluding carboxylic acids is 1. The molecule has 1 heterocycles. The summed E-state index contributed by atoms with van der Waals surface area (Å²) >= 11 is 0. The molecule has 1 aliphatic heterocycles. The molecule has 2 rings (SSSR count). The Morgan fingerprint density at radius 2 is 1.76 bits per heavy atom. The van der Waals surface area contributed by atoms with E-state index >= 15 is 0 Å². The second-order valence-electron chi connectivity index (χ2n) is 5.88. The highest BCUT2D eigenvalue weighted by Crippen LogP contribution is 2.20. The number of carbonyl (C=O) groups is 1. The van der Waals surface area contributed by atoms with Crippen molar-refractivity contribution >= 4 is 5.91 Å². The van der Waals surface area contributed by atoms with Crippen molar-refractivity contribution in [2.75, 3.05) is 13.1 Å². The maximum atomic E-state index is 12.1. The molecule has 0 bridgehead atoms. The van der Waals surface area contributed by atoms with Crippen LogP contribution in [-0.2, 0) is 4.79 Å². The van der Waals surface area contributed by atoms with E-state index < -0.39 is 0 Å². The third-order valence-corrected chi connectivity index (χ3v) is 4.45. The van der Waals surface area contributed by atoms with Gasteiger partial charge in [0.25, 0.3) is 0 Å². The highest BCUT2D eigenvalue weighted by atomic mass is 16.2. The average Bonchev–Trinajstić information content (AvgIpc) is 2.82. The number of likely N-dealkylation sites (tertiary alicyclic amines) is 1. The first-order chi connectivity index (χ1) is 8.16. The van der Waals surface area contributed by atoms with Crippen molar-refractivity contribution in [2.45, 2.75) is 64.5 Å². The van der Waals surface area contributed by atoms with Gasteiger partial charge in [0.2, 0.25) is 5.91 Å². The van der Waals surface area contributed by atoms with E-state index in [1.54, 1.807) is 0 Å². The van der Waals surface area contributed by atoms with E-state index in [0.717, 1.165) is 19.0 Å². The van der Waals surface area contributed by atoms with Gasteiger partial charge in [-0.25, -0.2) is 0 Å². The number of nitrogens with zero attached hydrogens (tertiary/aromatic N) is 1. The zero-order valence-corrected chi connectivity index (χ0v) is 11.2. The van der Waals surface area contributed by atoms with Crippen molar-refractivity contribution in [3.63, 3.8) is 0 Å². The van der Waals surface area contributed by atoms with Gasteiger partial charge in [-0.2, -0.15) is 0 Å². The van der Waals surface area contributed by atoms with Gasteiger partial charge in [0.1, 0.15) is 0 Å². The van der Waals surface area contributed by atoms with Crippen LogP contribution in [-0.4, -0.2) is 36.0 Å². The standard InChI is InChI=1S/C14H26N2O/c1-11-7-9-16(10-8-11)12(2)14(17)15-13-5-3-4-6-13/h11-13H,3-10H2,1-2H3,(H,15,17). The summed E-state index contributed by atoms with van der Waals surface area (Å²) in [5.74, 6) is 1.07. The molecule has 1 saturated heterocycles. The first-order valence-electron chi connectivity index (χ1n) is 7.21. The minimum Gasteiger partial charge on any atom is -0.352 e. The van der Waals surface area contributed by atoms with Crippen LogP contribution in [0.25, 0.3) is 0 Å². The number of hydrogen-bond acceptors (Lipinski definition) is 2. The zero-order valence-electron chi connectivity index (χ0n) is 11.2. The second-order valence-corrected chi connectivity index (χ2v) is 5.88. The fourth-order valence-electron chi connectivity index (χ4n) is 2.97. The molecule has 1 unspecified atom stereocenters. The third kappa shape index (κ3) is 3.44. The lowest BCUT2D eigenvalue weighted by atomic mass is 9.98. The molecule has 1 aliphatic carbocycles. The number of nitrogens with one attached hydrogen (secondary N) is 1. The van der Waals surface area contributed by atoms with Crippen LogP contribution in [0.5, 0.6) is 0 Å². The Balaban J connectivity index is 1.77. The fourth-order valence-corrected chi connectivity index (χ4v) is 2.97. The Labute approximate surface area is 105 Å². The van der Waals surface area contributed by atoms with Crippen molar-refractivity contribution in [2.24, 2.45) is 5.92 Å². The van der Waals surface area contributed by atoms with Crippen LogP contribution in [0.2, 0.25) is 0 Å². The third-order valence-electron chi connectivity index (χ3n) is 4.45. The van der Waals surface area contributed by atoms with E-state index in [4.69, 9.17) is 0 Å². The lowest BCUT2D eigenvalue weighted by molar-refractivity contribution is -0.127. The maximum absolute atomic E-state index is 12.1. The summed E-state index contributed by atoms with van der Waals surface area (Å²) in [6.07, 6.45) is 7.38. The molecule has 17 heavy (non-hydrogen) atoms. The van der Waals surface area contributed by atoms with Gasteiger partial charge in [0, 0.05) is 6.04 Å². The fraction of sp³-hybridized carbons (Fsp3) is 0.929. The predicted molar refractivity (Wildman–Crippen MR) is 69.8 cm³/mol. The van der Waals surface area contributed by atoms with E-state index in [2.05, 4.69) is 24.1 Å². The first-order valence-corrected chi connectivity index (χ1v) is 7.21. The Bertz CT molecular complexity index is 253. The normalized spacial score (nSPS) is 26.0. The van der Waals surface area contributed by atoms with E-state index in [9.17, 15) is 4.79 Å². The Hall–Kier alpha value is -0.570. The van der Waals surface area contributed by atoms with Gasteiger partial charge in [-0.1, -0.05) is 19.8 Å². The van der Waals surface area contributed by atoms with Gasteiger partial charge >= 0.3 is 0 Å². The molecule has 0 spiro atoms. The average molecular weight is 238 g/mol. The summed E-state index contributed by atoms with van der Waals surface area (Å²) in [4.78, 5) is 14.5. The molecule has 1 N–H and O–H groups in total. The molecule has 1 saturated carbocycles. The number of hydrogen-bond donors (Lipinski definition) is 1. The van der Waals surface area contributed by atoms with Crippen molar-refractivity contribution in [3.05, 3.63) is 0 Å². The van der Waals surface area contributed by atoms with Gasteiger partial charge in [0.05, 0.1) is 6.04 Å². The molecule has 2 aliphatic rings. The Morgan fingerprint density at radius 1 is 1.18 bits per heavy atom. The van der Waals surface area contributed by atoms with Crippen LogP contribution in [0.3, 0.4) is 0 Å². The minimum absolute atomic E-state index is 0.0584. The highest BCUT2D eigenvalue weighted by Gasteiger charge is 2.27. The summed E-state index contributed by atoms with van der Waals surface area (Å²) in [7, 11) is 0. The van der Waals surface area contributed by atoms with Gasteiger partial charge in [-0.3, -0.25) is 9.69 Å². The highest BCUT2D eigenvalue weighted by molar-refractivity contribution is 5.81. The van der Waals surface area contributed by atoms with E-state index in [0.29, 0.717) is 6.04 Å². The maximum Gasteiger partial charge on any atom is 0.237 e. The zero-order chi connectivity index (χ0) is 12.3. The molecule has 98 valence electrons. The molecule has 3 heteroatoms. The quantitative estimate of drug-likeness (QED) is 0.817. The molecule has 1 atom stereocenters. The van der Waals surface area contributed by atoms with Gasteiger partial charge < -0.3 is 5.32 Å². The van der Waals surface area contributed by atoms with Gasteiger partial charge in [-0.15, -0.1) is 0 Å². The number of rotatable bonds is 3. The second kappa shape index (κ2) is 5.85. The SMILES string of the molecule is CC1CCN(C(C)C(=O)NC2CCCC2)CC1. The Kier molecular flexibility index (Phi) is 4.43. The van der Waals surface area contributed by atoms with E-state index in [1.807, 2.05) is 0 Å². The topological polar surface area (TPSA) is 32.3 Å². The molecular weight excluding hydrogens is 212 g/mol. The molecule has 2 fully saturated rings. The molecule has 0 aromatic rings. The molecule has 3 nitrogen and oxygen atoms in total. The first kappa shape index (κ1) is 12.9. The van der Waals surface area contributed by atoms with Crippen LogP contribution in [0.1, 0.15) is 52.4 Å². The Morgan fingerprint density at radius 3 is 2.35 bits per heavy atom. The van der Waals surface area contributed by atoms with E-state index in [1.165, 1.54) is 38.5 Å². The van der Waals surface area contributed by atoms with Crippen molar-refractivity contribution < 1.29 is 4.79 Å². The van der Waals surface area contributed by atoms with Crippen molar-refractivity contribution in [3.8, 4) is 0 Å². The number of piperidine rings is 1. The van der Waals surface area contributed by atoms with Crippen LogP contribution in [0.4, 0.5) is 0 Å². The van der Waals surface area contributed by atoms with Crippen molar-refractivity contribution in [1.82, 2.24) is 10.2 Å². The summed E-state index contributed by atoms with van der Waals surface area (Å²) in [6.45, 7) is 6.53. The molecule has 0 aromatic heterocycles. The number of amides is 1. The summed E-state index contributed by atoms with van der Waals surface area (Å²) < 4.78 is 0. The van der Waals surface area contributed by atoms with E-state index in [-0.39, 0.29) is 11.9 Å². The summed E-state index contributed by atoms with van der Waals surface area (Å²) in [5.41, 5.74) is 0. The van der Waals surface area contributed by atoms with Crippen molar-refractivity contribution in [1.29, 1.82) is 0 Å². The summed E-state index contributed by atoms with van der Waals surface area (Å²) in [6, 6.07) is 0.511. The molecule has 1 amide bonds. The van der Waals surface area contributed by atoms with Crippen LogP contribution >= 0.6 is 0 Å². The lowest BCUT2D eigenvalue weighted by Gasteiger charge is -2.34. The largest absolute Gasteiger partial charge is 0.352 e. The predicted octanol–water partition coefficient (Wildman–Crippen LogP) is 2.17. The van der Waals surface area contributed by atoms with Crippen LogP contribution in [0, 0.1) is 5.92 Å². The molecular formula is C14H26N2O. The van der Waals surface area contributed by atoms with Crippen LogP contribution < -0.4 is 5.32 Å². The lowest BCUT2D eigenvalue weighted by Crippen LogP contribution is -2.50. The van der Waals surface area contributed by atoms with Gasteiger partial charge in [0.15, 0.2) is 0 Å². The monoisotopic (exact) mass is 238 g/mol. The minimum atomic E-state index is 0.0584. The van der Waals surface area contributed by atoms with Gasteiger partial charge in [-0.05, 0) is 51.6 Å².